The van der Waals surface area contributed by atoms with Gasteiger partial charge in [0.15, 0.2) is 5.96 Å². The number of thiazole rings is 1. The fourth-order valence-electron chi connectivity index (χ4n) is 2.29. The molecule has 0 spiro atoms. The monoisotopic (exact) mass is 482 g/mol. The van der Waals surface area contributed by atoms with E-state index in [9.17, 15) is 0 Å². The molecule has 0 amide bonds. The molecule has 0 bridgehead atoms. The maximum absolute atomic E-state index is 5.65. The summed E-state index contributed by atoms with van der Waals surface area (Å²) < 4.78 is 11.0. The van der Waals surface area contributed by atoms with E-state index < -0.39 is 0 Å². The van der Waals surface area contributed by atoms with E-state index in [-0.39, 0.29) is 30.1 Å². The Labute approximate surface area is 172 Å². The molecule has 1 saturated carbocycles. The van der Waals surface area contributed by atoms with Crippen molar-refractivity contribution in [3.8, 4) is 0 Å². The molecule has 6 nitrogen and oxygen atoms in total. The Bertz CT molecular complexity index is 523. The first kappa shape index (κ1) is 22.6. The van der Waals surface area contributed by atoms with E-state index in [1.54, 1.807) is 18.4 Å². The number of rotatable bonds is 10. The van der Waals surface area contributed by atoms with Crippen LogP contribution < -0.4 is 5.32 Å². The fraction of sp³-hybridized carbons (Fsp3) is 0.765. The zero-order chi connectivity index (χ0) is 17.4. The largest absolute Gasteiger partial charge is 0.381 e. The van der Waals surface area contributed by atoms with Crippen LogP contribution in [0.3, 0.4) is 0 Å². The van der Waals surface area contributed by atoms with E-state index >= 15 is 0 Å². The summed E-state index contributed by atoms with van der Waals surface area (Å²) in [6.07, 6.45) is 3.72. The second kappa shape index (κ2) is 12.0. The SMILES string of the molecule is CN=C(NCCCOCC1CC1)N(C)Cc1csc(C(C)OC)n1.I. The number of methoxy groups -OCH3 is 1. The third-order valence-electron chi connectivity index (χ3n) is 4.04. The highest BCUT2D eigenvalue weighted by atomic mass is 127. The van der Waals surface area contributed by atoms with Crippen LogP contribution in [0.1, 0.15) is 43.0 Å². The molecule has 1 atom stereocenters. The molecule has 1 aliphatic carbocycles. The first-order valence-electron chi connectivity index (χ1n) is 8.60. The van der Waals surface area contributed by atoms with Gasteiger partial charge in [-0.1, -0.05) is 0 Å². The van der Waals surface area contributed by atoms with Crippen molar-refractivity contribution in [3.63, 3.8) is 0 Å². The van der Waals surface area contributed by atoms with Crippen LogP contribution in [-0.2, 0) is 16.0 Å². The number of nitrogens with zero attached hydrogens (tertiary/aromatic N) is 3. The van der Waals surface area contributed by atoms with Crippen LogP contribution in [0, 0.1) is 5.92 Å². The van der Waals surface area contributed by atoms with Gasteiger partial charge in [0.2, 0.25) is 0 Å². The first-order chi connectivity index (χ1) is 11.6. The summed E-state index contributed by atoms with van der Waals surface area (Å²) in [6.45, 7) is 5.35. The molecule has 25 heavy (non-hydrogen) atoms. The minimum absolute atomic E-state index is 0. The molecule has 144 valence electrons. The summed E-state index contributed by atoms with van der Waals surface area (Å²) in [4.78, 5) is 11.1. The van der Waals surface area contributed by atoms with Crippen LogP contribution in [-0.4, -0.2) is 56.8 Å². The van der Waals surface area contributed by atoms with Crippen molar-refractivity contribution < 1.29 is 9.47 Å². The van der Waals surface area contributed by atoms with Crippen molar-refractivity contribution in [2.45, 2.75) is 38.8 Å². The van der Waals surface area contributed by atoms with E-state index in [1.807, 2.05) is 21.0 Å². The number of halogens is 1. The van der Waals surface area contributed by atoms with Gasteiger partial charge in [0.05, 0.1) is 12.2 Å². The predicted octanol–water partition coefficient (Wildman–Crippen LogP) is 3.29. The van der Waals surface area contributed by atoms with Gasteiger partial charge in [0.1, 0.15) is 11.1 Å². The van der Waals surface area contributed by atoms with Gasteiger partial charge in [-0.2, -0.15) is 0 Å². The van der Waals surface area contributed by atoms with Crippen LogP contribution in [0.5, 0.6) is 0 Å². The highest BCUT2D eigenvalue weighted by Crippen LogP contribution is 2.28. The summed E-state index contributed by atoms with van der Waals surface area (Å²) in [5.74, 6) is 1.72. The predicted molar refractivity (Wildman–Crippen MR) is 114 cm³/mol. The zero-order valence-corrected chi connectivity index (χ0v) is 18.8. The number of aliphatic imine (C=N–C) groups is 1. The number of nitrogens with one attached hydrogen (secondary N) is 1. The van der Waals surface area contributed by atoms with Gasteiger partial charge in [-0.25, -0.2) is 4.98 Å². The maximum atomic E-state index is 5.65. The van der Waals surface area contributed by atoms with E-state index in [2.05, 4.69) is 25.6 Å². The average molecular weight is 482 g/mol. The number of guanidine groups is 1. The molecule has 8 heteroatoms. The lowest BCUT2D eigenvalue weighted by atomic mass is 10.4. The topological polar surface area (TPSA) is 59.0 Å². The molecule has 0 radical (unpaired) electrons. The zero-order valence-electron chi connectivity index (χ0n) is 15.7. The van der Waals surface area contributed by atoms with Gasteiger partial charge >= 0.3 is 0 Å². The molecule has 1 aromatic rings. The van der Waals surface area contributed by atoms with Crippen molar-refractivity contribution in [1.82, 2.24) is 15.2 Å². The molecule has 1 N–H and O–H groups in total. The van der Waals surface area contributed by atoms with Gasteiger partial charge < -0.3 is 19.7 Å². The van der Waals surface area contributed by atoms with Crippen molar-refractivity contribution in [3.05, 3.63) is 16.1 Å². The average Bonchev–Trinajstić information content (AvgIpc) is 3.30. The third kappa shape index (κ3) is 8.19. The van der Waals surface area contributed by atoms with Gasteiger partial charge in [-0.15, -0.1) is 35.3 Å². The normalized spacial score (nSPS) is 15.6. The van der Waals surface area contributed by atoms with Crippen LogP contribution >= 0.6 is 35.3 Å². The lowest BCUT2D eigenvalue weighted by molar-refractivity contribution is 0.119. The Balaban J connectivity index is 0.00000312. The van der Waals surface area contributed by atoms with Crippen LogP contribution in [0.4, 0.5) is 0 Å². The van der Waals surface area contributed by atoms with Gasteiger partial charge in [-0.05, 0) is 32.1 Å². The Hall–Kier alpha value is -0.450. The van der Waals surface area contributed by atoms with E-state index in [0.717, 1.165) is 55.3 Å². The second-order valence-electron chi connectivity index (χ2n) is 6.26. The number of hydrogen-bond acceptors (Lipinski definition) is 5. The Morgan fingerprint density at radius 1 is 1.52 bits per heavy atom. The number of ether oxygens (including phenoxy) is 2. The summed E-state index contributed by atoms with van der Waals surface area (Å²) in [6, 6.07) is 0. The van der Waals surface area contributed by atoms with Gasteiger partial charge in [-0.3, -0.25) is 4.99 Å². The van der Waals surface area contributed by atoms with Crippen LogP contribution in [0.25, 0.3) is 0 Å². The van der Waals surface area contributed by atoms with Crippen molar-refractivity contribution in [2.75, 3.05) is 41.0 Å². The van der Waals surface area contributed by atoms with Crippen molar-refractivity contribution >= 4 is 41.3 Å². The van der Waals surface area contributed by atoms with Crippen molar-refractivity contribution in [2.24, 2.45) is 10.9 Å². The van der Waals surface area contributed by atoms with Gasteiger partial charge in [0, 0.05) is 46.3 Å². The Morgan fingerprint density at radius 3 is 2.92 bits per heavy atom. The quantitative estimate of drug-likeness (QED) is 0.240. The third-order valence-corrected chi connectivity index (χ3v) is 5.10. The highest BCUT2D eigenvalue weighted by molar-refractivity contribution is 14.0. The highest BCUT2D eigenvalue weighted by Gasteiger charge is 2.20. The minimum atomic E-state index is 0. The maximum Gasteiger partial charge on any atom is 0.193 e. The molecular weight excluding hydrogens is 451 g/mol. The lowest BCUT2D eigenvalue weighted by Gasteiger charge is -2.21. The molecule has 1 aromatic heterocycles. The summed E-state index contributed by atoms with van der Waals surface area (Å²) in [5.41, 5.74) is 1.04. The standard InChI is InChI=1S/C17H30N4O2S.HI/c1-13(22-4)16-20-15(12-24-16)10-21(3)17(18-2)19-8-5-9-23-11-14-6-7-14;/h12-14H,5-11H2,1-4H3,(H,18,19);1H. The fourth-order valence-corrected chi connectivity index (χ4v) is 3.14. The summed E-state index contributed by atoms with van der Waals surface area (Å²) in [7, 11) is 5.54. The number of hydrogen-bond donors (Lipinski definition) is 1. The van der Waals surface area contributed by atoms with Crippen LogP contribution in [0.15, 0.2) is 10.4 Å². The van der Waals surface area contributed by atoms with E-state index in [4.69, 9.17) is 9.47 Å². The Morgan fingerprint density at radius 2 is 2.28 bits per heavy atom. The first-order valence-corrected chi connectivity index (χ1v) is 9.48. The smallest absolute Gasteiger partial charge is 0.193 e. The van der Waals surface area contributed by atoms with E-state index in [1.165, 1.54) is 12.8 Å². The molecule has 0 aliphatic heterocycles. The molecule has 0 aromatic carbocycles. The van der Waals surface area contributed by atoms with Crippen LogP contribution in [0.2, 0.25) is 0 Å². The molecule has 1 unspecified atom stereocenters. The van der Waals surface area contributed by atoms with E-state index in [0.29, 0.717) is 0 Å². The van der Waals surface area contributed by atoms with Gasteiger partial charge in [0.25, 0.3) is 0 Å². The molecule has 0 saturated heterocycles. The summed E-state index contributed by atoms with van der Waals surface area (Å²) in [5, 5.41) is 6.48. The number of aromatic nitrogens is 1. The lowest BCUT2D eigenvalue weighted by Crippen LogP contribution is -2.39. The molecule has 1 heterocycles. The van der Waals surface area contributed by atoms with Crippen molar-refractivity contribution in [1.29, 1.82) is 0 Å². The molecular formula is C17H31IN4O2S. The molecule has 2 rings (SSSR count). The molecule has 1 fully saturated rings. The molecule has 1 aliphatic rings. The Kier molecular flexibility index (Phi) is 10.9. The summed E-state index contributed by atoms with van der Waals surface area (Å²) >= 11 is 1.64. The minimum Gasteiger partial charge on any atom is -0.381 e. The second-order valence-corrected chi connectivity index (χ2v) is 7.15.